The Labute approximate surface area is 148 Å². The van der Waals surface area contributed by atoms with Gasteiger partial charge in [0.25, 0.3) is 0 Å². The first-order valence-corrected chi connectivity index (χ1v) is 8.64. The second kappa shape index (κ2) is 6.33. The molecule has 3 rings (SSSR count). The monoisotopic (exact) mass is 343 g/mol. The first-order chi connectivity index (χ1) is 11.7. The van der Waals surface area contributed by atoms with Crippen molar-refractivity contribution in [2.45, 2.75) is 57.7 Å². The molecule has 1 saturated heterocycles. The first-order valence-electron chi connectivity index (χ1n) is 8.64. The molecule has 6 heteroatoms. The molecule has 0 radical (unpaired) electrons. The van der Waals surface area contributed by atoms with Crippen LogP contribution in [-0.4, -0.2) is 39.3 Å². The molecule has 0 amide bonds. The normalized spacial score (nSPS) is 19.6. The molecule has 0 aliphatic carbocycles. The van der Waals surface area contributed by atoms with E-state index in [2.05, 4.69) is 53.1 Å². The molecule has 0 unspecified atom stereocenters. The van der Waals surface area contributed by atoms with Crippen LogP contribution < -0.4 is 10.2 Å². The second-order valence-corrected chi connectivity index (χ2v) is 8.19. The van der Waals surface area contributed by atoms with Crippen molar-refractivity contribution in [3.05, 3.63) is 36.3 Å². The molecule has 0 saturated carbocycles. The van der Waals surface area contributed by atoms with Gasteiger partial charge in [0, 0.05) is 29.7 Å². The van der Waals surface area contributed by atoms with Crippen LogP contribution in [0.5, 0.6) is 0 Å². The van der Waals surface area contributed by atoms with Crippen molar-refractivity contribution >= 4 is 5.95 Å². The lowest BCUT2D eigenvalue weighted by molar-refractivity contribution is 0.160. The van der Waals surface area contributed by atoms with Gasteiger partial charge in [0.1, 0.15) is 5.82 Å². The van der Waals surface area contributed by atoms with E-state index in [0.29, 0.717) is 17.2 Å². The molecular formula is C19H26FN5. The number of nitrogens with zero attached hydrogens (tertiary/aromatic N) is 4. The summed E-state index contributed by atoms with van der Waals surface area (Å²) in [7, 11) is 1.99. The van der Waals surface area contributed by atoms with Crippen molar-refractivity contribution in [2.24, 2.45) is 0 Å². The van der Waals surface area contributed by atoms with Gasteiger partial charge in [-0.3, -0.25) is 0 Å². The third-order valence-electron chi connectivity index (χ3n) is 4.73. The van der Waals surface area contributed by atoms with Crippen molar-refractivity contribution in [1.82, 2.24) is 20.5 Å². The zero-order chi connectivity index (χ0) is 18.2. The maximum absolute atomic E-state index is 14.1. The van der Waals surface area contributed by atoms with E-state index < -0.39 is 0 Å². The predicted molar refractivity (Wildman–Crippen MR) is 97.9 cm³/mol. The lowest BCUT2D eigenvalue weighted by Crippen LogP contribution is -2.62. The smallest absolute Gasteiger partial charge is 0.245 e. The molecule has 2 heterocycles. The van der Waals surface area contributed by atoms with Crippen LogP contribution in [0.3, 0.4) is 0 Å². The topological polar surface area (TPSA) is 53.9 Å². The lowest BCUT2D eigenvalue weighted by Gasteiger charge is -2.48. The van der Waals surface area contributed by atoms with Gasteiger partial charge in [0.05, 0.1) is 11.9 Å². The van der Waals surface area contributed by atoms with Crippen LogP contribution in [0.1, 0.15) is 40.5 Å². The molecule has 1 fully saturated rings. The number of piperidine rings is 1. The van der Waals surface area contributed by atoms with Gasteiger partial charge in [-0.25, -0.2) is 9.37 Å². The van der Waals surface area contributed by atoms with Crippen LogP contribution in [-0.2, 0) is 0 Å². The average Bonchev–Trinajstić information content (AvgIpc) is 2.52. The Bertz CT molecular complexity index is 743. The van der Waals surface area contributed by atoms with Crippen LogP contribution >= 0.6 is 0 Å². The van der Waals surface area contributed by atoms with Gasteiger partial charge in [0.2, 0.25) is 5.95 Å². The summed E-state index contributed by atoms with van der Waals surface area (Å²) >= 11 is 0. The van der Waals surface area contributed by atoms with Crippen LogP contribution in [0.4, 0.5) is 10.3 Å². The molecule has 1 N–H and O–H groups in total. The summed E-state index contributed by atoms with van der Waals surface area (Å²) in [5, 5.41) is 11.9. The van der Waals surface area contributed by atoms with E-state index in [0.717, 1.165) is 12.8 Å². The summed E-state index contributed by atoms with van der Waals surface area (Å²) in [6.07, 6.45) is 3.45. The van der Waals surface area contributed by atoms with Gasteiger partial charge in [-0.1, -0.05) is 12.1 Å². The maximum Gasteiger partial charge on any atom is 0.245 e. The fourth-order valence-electron chi connectivity index (χ4n) is 3.95. The minimum atomic E-state index is -0.305. The minimum absolute atomic E-state index is 0.0251. The second-order valence-electron chi connectivity index (χ2n) is 8.19. The van der Waals surface area contributed by atoms with Crippen LogP contribution in [0.25, 0.3) is 11.3 Å². The Hall–Kier alpha value is -2.08. The van der Waals surface area contributed by atoms with Gasteiger partial charge in [-0.05, 0) is 52.7 Å². The number of hydrogen-bond donors (Lipinski definition) is 1. The molecule has 25 heavy (non-hydrogen) atoms. The van der Waals surface area contributed by atoms with Gasteiger partial charge < -0.3 is 10.2 Å². The number of aromatic nitrogens is 3. The average molecular weight is 343 g/mol. The Balaban J connectivity index is 1.89. The fraction of sp³-hybridized carbons (Fsp3) is 0.526. The molecule has 1 aliphatic rings. The summed E-state index contributed by atoms with van der Waals surface area (Å²) < 4.78 is 14.1. The predicted octanol–water partition coefficient (Wildman–Crippen LogP) is 3.42. The first kappa shape index (κ1) is 17.7. The van der Waals surface area contributed by atoms with Gasteiger partial charge in [-0.2, -0.15) is 5.10 Å². The highest BCUT2D eigenvalue weighted by Crippen LogP contribution is 2.32. The summed E-state index contributed by atoms with van der Waals surface area (Å²) in [5.74, 6) is 0.222. The van der Waals surface area contributed by atoms with E-state index >= 15 is 0 Å². The van der Waals surface area contributed by atoms with Crippen molar-refractivity contribution in [1.29, 1.82) is 0 Å². The fourth-order valence-corrected chi connectivity index (χ4v) is 3.95. The number of halogens is 1. The Morgan fingerprint density at radius 3 is 2.40 bits per heavy atom. The standard InChI is InChI=1S/C19H26FN5/c1-18(2)10-13(11-19(3,4)24-18)25(5)17-22-16(12-21-23-17)14-8-6-7-9-15(14)20/h6-9,12-13,24H,10-11H2,1-5H3. The quantitative estimate of drug-likeness (QED) is 0.925. The van der Waals surface area contributed by atoms with Gasteiger partial charge in [0.15, 0.2) is 0 Å². The lowest BCUT2D eigenvalue weighted by atomic mass is 9.79. The zero-order valence-corrected chi connectivity index (χ0v) is 15.5. The Morgan fingerprint density at radius 2 is 1.76 bits per heavy atom. The Kier molecular flexibility index (Phi) is 4.49. The minimum Gasteiger partial charge on any atom is -0.339 e. The molecule has 5 nitrogen and oxygen atoms in total. The number of anilines is 1. The summed E-state index contributed by atoms with van der Waals surface area (Å²) in [5.41, 5.74) is 0.995. The molecule has 1 aromatic carbocycles. The molecule has 0 bridgehead atoms. The number of benzene rings is 1. The Morgan fingerprint density at radius 1 is 1.12 bits per heavy atom. The molecule has 0 spiro atoms. The molecule has 1 aromatic heterocycles. The van der Waals surface area contributed by atoms with Gasteiger partial charge in [-0.15, -0.1) is 5.10 Å². The number of rotatable bonds is 3. The van der Waals surface area contributed by atoms with E-state index in [1.165, 1.54) is 12.3 Å². The highest BCUT2D eigenvalue weighted by molar-refractivity contribution is 5.59. The molecule has 134 valence electrons. The summed E-state index contributed by atoms with van der Waals surface area (Å²) in [6.45, 7) is 8.85. The van der Waals surface area contributed by atoms with E-state index in [-0.39, 0.29) is 22.9 Å². The van der Waals surface area contributed by atoms with E-state index in [4.69, 9.17) is 0 Å². The SMILES string of the molecule is CN(c1nncc(-c2ccccc2F)n1)C1CC(C)(C)NC(C)(C)C1. The number of nitrogens with one attached hydrogen (secondary N) is 1. The van der Waals surface area contributed by atoms with Crippen LogP contribution in [0.2, 0.25) is 0 Å². The highest BCUT2D eigenvalue weighted by Gasteiger charge is 2.39. The van der Waals surface area contributed by atoms with E-state index in [1.807, 2.05) is 7.05 Å². The van der Waals surface area contributed by atoms with Crippen molar-refractivity contribution in [3.63, 3.8) is 0 Å². The zero-order valence-electron chi connectivity index (χ0n) is 15.5. The van der Waals surface area contributed by atoms with Crippen LogP contribution in [0, 0.1) is 5.82 Å². The van der Waals surface area contributed by atoms with Crippen LogP contribution in [0.15, 0.2) is 30.5 Å². The van der Waals surface area contributed by atoms with Crippen molar-refractivity contribution in [2.75, 3.05) is 11.9 Å². The number of hydrogen-bond acceptors (Lipinski definition) is 5. The molecule has 2 aromatic rings. The molecule has 1 aliphatic heterocycles. The third-order valence-corrected chi connectivity index (χ3v) is 4.73. The van der Waals surface area contributed by atoms with E-state index in [9.17, 15) is 4.39 Å². The van der Waals surface area contributed by atoms with Gasteiger partial charge >= 0.3 is 0 Å². The largest absolute Gasteiger partial charge is 0.339 e. The molecular weight excluding hydrogens is 317 g/mol. The molecule has 0 atom stereocenters. The third kappa shape index (κ3) is 3.95. The summed E-state index contributed by atoms with van der Waals surface area (Å²) in [4.78, 5) is 6.64. The van der Waals surface area contributed by atoms with E-state index in [1.54, 1.807) is 18.2 Å². The summed E-state index contributed by atoms with van der Waals surface area (Å²) in [6, 6.07) is 6.88. The van der Waals surface area contributed by atoms with Crippen molar-refractivity contribution in [3.8, 4) is 11.3 Å². The maximum atomic E-state index is 14.1. The van der Waals surface area contributed by atoms with Crippen molar-refractivity contribution < 1.29 is 4.39 Å². The highest BCUT2D eigenvalue weighted by atomic mass is 19.1.